The number of rotatable bonds is 15. The predicted molar refractivity (Wildman–Crippen MR) is 375 cm³/mol. The van der Waals surface area contributed by atoms with E-state index in [-0.39, 0.29) is 87.4 Å². The summed E-state index contributed by atoms with van der Waals surface area (Å²) in [6.07, 6.45) is -0.805. The van der Waals surface area contributed by atoms with Gasteiger partial charge in [0.25, 0.3) is 17.7 Å². The highest BCUT2D eigenvalue weighted by atomic mass is 19.4. The van der Waals surface area contributed by atoms with Gasteiger partial charge in [-0.05, 0) is 258 Å². The van der Waals surface area contributed by atoms with Crippen LogP contribution < -0.4 is 0 Å². The second kappa shape index (κ2) is 30.1. The molecule has 0 heterocycles. The summed E-state index contributed by atoms with van der Waals surface area (Å²) in [5, 5.41) is 56.9. The molecule has 0 radical (unpaired) electrons. The summed E-state index contributed by atoms with van der Waals surface area (Å²) in [5.41, 5.74) is -3.57. The van der Waals surface area contributed by atoms with E-state index in [1.165, 1.54) is 89.5 Å². The Bertz CT molecular complexity index is 3960. The number of hydrogen-bond acceptors (Lipinski definition) is 9. The summed E-state index contributed by atoms with van der Waals surface area (Å²) < 4.78 is 119. The molecule has 104 heavy (non-hydrogen) atoms. The van der Waals surface area contributed by atoms with Gasteiger partial charge in [0.15, 0.2) is 16.8 Å². The molecule has 0 aromatic heterocycles. The van der Waals surface area contributed by atoms with Crippen LogP contribution >= 0.6 is 0 Å². The Labute approximate surface area is 603 Å². The molecule has 12 nitrogen and oxygen atoms in total. The number of aliphatic hydroxyl groups is 3. The van der Waals surface area contributed by atoms with Crippen molar-refractivity contribution in [1.29, 1.82) is 15.8 Å². The molecule has 0 unspecified atom stereocenters. The lowest BCUT2D eigenvalue weighted by Gasteiger charge is -2.48. The Balaban J connectivity index is 0.000000167. The molecule has 0 bridgehead atoms. The summed E-state index contributed by atoms with van der Waals surface area (Å²) in [7, 11) is 0. The van der Waals surface area contributed by atoms with Gasteiger partial charge in [-0.15, -0.1) is 0 Å². The zero-order valence-electron chi connectivity index (χ0n) is 59.9. The molecule has 6 aliphatic carbocycles. The third-order valence-corrected chi connectivity index (χ3v) is 22.9. The van der Waals surface area contributed by atoms with E-state index in [1.807, 2.05) is 87.5 Å². The van der Waals surface area contributed by atoms with E-state index in [2.05, 4.69) is 52.8 Å². The quantitative estimate of drug-likeness (QED) is 0.0839. The van der Waals surface area contributed by atoms with E-state index >= 15 is 0 Å². The number of nitrogens with zero attached hydrogens (tertiary/aromatic N) is 6. The Morgan fingerprint density at radius 3 is 0.894 bits per heavy atom. The number of amides is 3. The summed E-state index contributed by atoms with van der Waals surface area (Å²) in [5.74, 6) is 0.835. The first-order chi connectivity index (χ1) is 48.7. The van der Waals surface area contributed by atoms with E-state index in [1.54, 1.807) is 0 Å². The van der Waals surface area contributed by atoms with Gasteiger partial charge in [0.2, 0.25) is 0 Å². The van der Waals surface area contributed by atoms with Crippen molar-refractivity contribution in [2.75, 3.05) is 0 Å². The Morgan fingerprint density at radius 1 is 0.385 bits per heavy atom. The van der Waals surface area contributed by atoms with Gasteiger partial charge in [-0.2, -0.15) is 55.3 Å². The first-order valence-electron chi connectivity index (χ1n) is 35.9. The number of halogens is 9. The van der Waals surface area contributed by atoms with Crippen LogP contribution in [0.1, 0.15) is 251 Å². The van der Waals surface area contributed by atoms with Crippen LogP contribution in [-0.4, -0.2) is 103 Å². The molecule has 21 heteroatoms. The van der Waals surface area contributed by atoms with E-state index < -0.39 is 35.3 Å². The van der Waals surface area contributed by atoms with E-state index in [9.17, 15) is 69.2 Å². The maximum Gasteiger partial charge on any atom is 0.421 e. The predicted octanol–water partition coefficient (Wildman–Crippen LogP) is 18.5. The number of carbonyl (C=O) groups is 3. The highest BCUT2D eigenvalue weighted by molar-refractivity contribution is 5.96. The third kappa shape index (κ3) is 17.0. The minimum absolute atomic E-state index is 0.0232. The number of nitriles is 3. The standard InChI is InChI=1S/2C28H31F3N2O2.C27H29F3N2O2/c2*1-26(2)16-21(19-6-4-18(17-32)5-7-19)10-15-24(26)33(23-13-14-23)25(34)20-8-11-22(12-9-20)27(3,35)28(29,30)31;1-17-15-21(19-5-3-18(16-31)4-6-19)9-14-24(17)32(23-12-13-23)25(33)20-7-10-22(11-8-20)26(2,34)27(28,29)30/h2*4-9,11-12,21,23-24,35H,10,13-16H2,1-3H3;3-8,10-11,17,21,23-24,34H,9,12-15H2,1-2H3/t21-,24-,27+;21-,24-,27-;17-,21+,24-,26+/m101/s1. The van der Waals surface area contributed by atoms with Gasteiger partial charge in [-0.1, -0.05) is 107 Å². The van der Waals surface area contributed by atoms with Crippen molar-refractivity contribution in [1.82, 2.24) is 14.7 Å². The summed E-state index contributed by atoms with van der Waals surface area (Å²) in [6, 6.07) is 45.7. The lowest BCUT2D eigenvalue weighted by atomic mass is 9.66. The SMILES string of the molecule is CC1(C)C[C@@H](c2ccc(C#N)cc2)CC[C@@H]1N(C(=O)c1ccc([C@](C)(O)C(F)(F)F)cc1)C1CC1.CC1(C)C[C@H](c2ccc(C#N)cc2)CC[C@H]1N(C(=O)c1ccc([C@](C)(O)C(F)(F)F)cc1)C1CC1.C[C@@H]1C[C@@H](c2ccc(C#N)cc2)CC[C@H]1N(C(=O)c1ccc([C@](C)(O)C(F)(F)F)cc1)C1CC1. The molecule has 10 atom stereocenters. The van der Waals surface area contributed by atoms with Crippen LogP contribution in [0.5, 0.6) is 0 Å². The van der Waals surface area contributed by atoms with Gasteiger partial charge in [0.1, 0.15) is 0 Å². The first-order valence-corrected chi connectivity index (χ1v) is 35.9. The molecule has 6 aromatic carbocycles. The number of alkyl halides is 9. The average molecular weight is 1440 g/mol. The van der Waals surface area contributed by atoms with Crippen LogP contribution in [0.15, 0.2) is 146 Å². The van der Waals surface area contributed by atoms with Crippen molar-refractivity contribution in [2.45, 2.75) is 241 Å². The van der Waals surface area contributed by atoms with Crippen LogP contribution in [0.3, 0.4) is 0 Å². The molecule has 552 valence electrons. The Kier molecular flexibility index (Phi) is 22.6. The molecule has 0 saturated heterocycles. The number of benzene rings is 6. The van der Waals surface area contributed by atoms with Crippen LogP contribution in [0.4, 0.5) is 39.5 Å². The van der Waals surface area contributed by atoms with Gasteiger partial charge in [-0.25, -0.2) is 0 Å². The van der Waals surface area contributed by atoms with Crippen LogP contribution in [0.2, 0.25) is 0 Å². The highest BCUT2D eigenvalue weighted by Gasteiger charge is 2.55. The van der Waals surface area contributed by atoms with Crippen molar-refractivity contribution in [3.05, 3.63) is 212 Å². The molecule has 6 aliphatic rings. The maximum absolute atomic E-state index is 13.6. The zero-order chi connectivity index (χ0) is 75.9. The van der Waals surface area contributed by atoms with Crippen LogP contribution in [0.25, 0.3) is 0 Å². The lowest BCUT2D eigenvalue weighted by Crippen LogP contribution is -2.52. The Morgan fingerprint density at radius 2 is 0.644 bits per heavy atom. The molecular formula is C83H91F9N6O6. The summed E-state index contributed by atoms with van der Waals surface area (Å²) >= 11 is 0. The normalized spacial score (nSPS) is 24.0. The minimum Gasteiger partial charge on any atom is -0.376 e. The van der Waals surface area contributed by atoms with Crippen molar-refractivity contribution >= 4 is 17.7 Å². The van der Waals surface area contributed by atoms with Crippen LogP contribution in [0, 0.1) is 50.7 Å². The second-order valence-corrected chi connectivity index (χ2v) is 31.5. The number of hydrogen-bond donors (Lipinski definition) is 3. The van der Waals surface area contributed by atoms with Gasteiger partial charge in [0.05, 0.1) is 34.9 Å². The molecular weight excluding hydrogens is 1350 g/mol. The molecule has 12 rings (SSSR count). The summed E-state index contributed by atoms with van der Waals surface area (Å²) in [4.78, 5) is 46.6. The van der Waals surface area contributed by atoms with Gasteiger partial charge in [0, 0.05) is 52.9 Å². The molecule has 6 saturated carbocycles. The van der Waals surface area contributed by atoms with Crippen molar-refractivity contribution in [2.24, 2.45) is 16.7 Å². The zero-order valence-corrected chi connectivity index (χ0v) is 59.9. The fourth-order valence-electron chi connectivity index (χ4n) is 16.0. The van der Waals surface area contributed by atoms with E-state index in [0.717, 1.165) is 110 Å². The van der Waals surface area contributed by atoms with E-state index in [4.69, 9.17) is 15.8 Å². The van der Waals surface area contributed by atoms with Crippen molar-refractivity contribution in [3.8, 4) is 18.2 Å². The largest absolute Gasteiger partial charge is 0.421 e. The monoisotopic (exact) mass is 1440 g/mol. The minimum atomic E-state index is -4.81. The molecule has 6 aromatic rings. The van der Waals surface area contributed by atoms with Crippen LogP contribution in [-0.2, 0) is 16.8 Å². The fourth-order valence-corrected chi connectivity index (χ4v) is 16.0. The van der Waals surface area contributed by atoms with Gasteiger partial charge < -0.3 is 30.0 Å². The summed E-state index contributed by atoms with van der Waals surface area (Å²) in [6.45, 7) is 13.0. The van der Waals surface area contributed by atoms with Gasteiger partial charge >= 0.3 is 18.5 Å². The molecule has 3 N–H and O–H groups in total. The molecule has 3 amide bonds. The Hall–Kier alpha value is -8.55. The average Bonchev–Trinajstić information content (AvgIpc) is 1.48. The fraction of sp³-hybridized carbons (Fsp3) is 0.494. The molecule has 0 aliphatic heterocycles. The molecule has 0 spiro atoms. The maximum atomic E-state index is 13.6. The molecule has 6 fully saturated rings. The van der Waals surface area contributed by atoms with Gasteiger partial charge in [-0.3, -0.25) is 14.4 Å². The van der Waals surface area contributed by atoms with Crippen molar-refractivity contribution < 1.29 is 69.2 Å². The van der Waals surface area contributed by atoms with E-state index in [0.29, 0.717) is 58.1 Å². The van der Waals surface area contributed by atoms with Crippen molar-refractivity contribution in [3.63, 3.8) is 0 Å². The smallest absolute Gasteiger partial charge is 0.376 e. The topological polar surface area (TPSA) is 193 Å². The lowest BCUT2D eigenvalue weighted by molar-refractivity contribution is -0.259. The first kappa shape index (κ1) is 78.0. The number of carbonyl (C=O) groups excluding carboxylic acids is 3. The second-order valence-electron chi connectivity index (χ2n) is 31.5. The highest BCUT2D eigenvalue weighted by Crippen LogP contribution is 2.52. The third-order valence-electron chi connectivity index (χ3n) is 22.9.